The number of unbranched alkanes of at least 4 members (excludes halogenated alkanes) is 18. The van der Waals surface area contributed by atoms with Crippen molar-refractivity contribution < 1.29 is 90.0 Å². The Bertz CT molecular complexity index is 952. The fraction of sp³-hybridized carbons (Fsp3) is 1.00. The SMILES string of the molecule is CCCCCCCCCCCCOCCOCCOCCOCCOCCOCCOCCOCCOCCOCCOCCOCCOCCOCCOCCOCCOCCOCCOCCCCCCCCCCCC. The van der Waals surface area contributed by atoms with Gasteiger partial charge in [0.15, 0.2) is 0 Å². The molecule has 0 bridgehead atoms. The van der Waals surface area contributed by atoms with Gasteiger partial charge in [0.05, 0.1) is 238 Å². The van der Waals surface area contributed by atoms with Gasteiger partial charge in [0.2, 0.25) is 0 Å². The molecule has 0 aliphatic heterocycles. The van der Waals surface area contributed by atoms with E-state index in [1.54, 1.807) is 0 Å². The van der Waals surface area contributed by atoms with Gasteiger partial charge in [-0.15, -0.1) is 0 Å². The maximum absolute atomic E-state index is 5.67. The Kier molecular flexibility index (Phi) is 76.5. The van der Waals surface area contributed by atoms with E-state index < -0.39 is 0 Å². The molecule has 19 nitrogen and oxygen atoms in total. The largest absolute Gasteiger partial charge is 0.379 e. The topological polar surface area (TPSA) is 175 Å². The Morgan fingerprint density at radius 3 is 0.304 bits per heavy atom. The predicted molar refractivity (Wildman–Crippen MR) is 309 cm³/mol. The third-order valence-electron chi connectivity index (χ3n) is 12.0. The highest BCUT2D eigenvalue weighted by Crippen LogP contribution is 2.12. The molecule has 0 amide bonds. The first-order valence-corrected chi connectivity index (χ1v) is 31.4. The summed E-state index contributed by atoms with van der Waals surface area (Å²) in [6.07, 6.45) is 26.8. The number of rotatable bonds is 76. The molecule has 0 spiro atoms. The van der Waals surface area contributed by atoms with Gasteiger partial charge in [-0.2, -0.15) is 0 Å². The summed E-state index contributed by atoms with van der Waals surface area (Å²) in [5.41, 5.74) is 0. The fourth-order valence-electron chi connectivity index (χ4n) is 7.44. The van der Waals surface area contributed by atoms with E-state index in [1.165, 1.54) is 116 Å². The molecule has 0 unspecified atom stereocenters. The highest BCUT2D eigenvalue weighted by atomic mass is 16.6. The molecule has 0 aromatic carbocycles. The zero-order valence-electron chi connectivity index (χ0n) is 50.8. The Morgan fingerprint density at radius 1 is 0.101 bits per heavy atom. The summed E-state index contributed by atoms with van der Waals surface area (Å²) in [6, 6.07) is 0. The molecule has 0 aromatic rings. The smallest absolute Gasteiger partial charge is 0.0701 e. The van der Waals surface area contributed by atoms with Crippen LogP contribution in [0.1, 0.15) is 142 Å². The average molecular weight is 1150 g/mol. The molecule has 0 rings (SSSR count). The van der Waals surface area contributed by atoms with E-state index in [1.807, 2.05) is 0 Å². The van der Waals surface area contributed by atoms with E-state index in [9.17, 15) is 0 Å². The van der Waals surface area contributed by atoms with Crippen LogP contribution in [-0.2, 0) is 90.0 Å². The fourth-order valence-corrected chi connectivity index (χ4v) is 7.44. The van der Waals surface area contributed by atoms with Crippen LogP contribution in [-0.4, -0.2) is 251 Å². The summed E-state index contributed by atoms with van der Waals surface area (Å²) in [6.45, 7) is 25.2. The second kappa shape index (κ2) is 77.2. The van der Waals surface area contributed by atoms with Crippen molar-refractivity contribution >= 4 is 0 Å². The molecular weight excluding hydrogens is 1020 g/mol. The lowest BCUT2D eigenvalue weighted by atomic mass is 10.1. The predicted octanol–water partition coefficient (Wildman–Crippen LogP) is 9.14. The van der Waals surface area contributed by atoms with Crippen molar-refractivity contribution in [3.63, 3.8) is 0 Å². The van der Waals surface area contributed by atoms with Crippen molar-refractivity contribution in [1.82, 2.24) is 0 Å². The van der Waals surface area contributed by atoms with Crippen LogP contribution >= 0.6 is 0 Å². The van der Waals surface area contributed by atoms with Crippen LogP contribution in [0, 0.1) is 0 Å². The highest BCUT2D eigenvalue weighted by molar-refractivity contribution is 4.50. The summed E-state index contributed by atoms with van der Waals surface area (Å²) in [4.78, 5) is 0. The van der Waals surface area contributed by atoms with Crippen LogP contribution in [0.2, 0.25) is 0 Å². The summed E-state index contributed by atoms with van der Waals surface area (Å²) in [5.74, 6) is 0. The van der Waals surface area contributed by atoms with Gasteiger partial charge in [0.1, 0.15) is 0 Å². The van der Waals surface area contributed by atoms with Crippen LogP contribution in [0.5, 0.6) is 0 Å². The normalized spacial score (nSPS) is 11.8. The molecule has 0 aromatic heterocycles. The Morgan fingerprint density at radius 2 is 0.190 bits per heavy atom. The van der Waals surface area contributed by atoms with Gasteiger partial charge in [-0.05, 0) is 12.8 Å². The quantitative estimate of drug-likeness (QED) is 0.0527. The minimum absolute atomic E-state index is 0.498. The van der Waals surface area contributed by atoms with Crippen molar-refractivity contribution in [2.24, 2.45) is 0 Å². The van der Waals surface area contributed by atoms with Gasteiger partial charge >= 0.3 is 0 Å². The Hall–Kier alpha value is -0.760. The molecule has 0 aliphatic carbocycles. The standard InChI is InChI=1S/C60H122O19/c1-3-5-7-9-11-13-15-17-19-21-23-61-25-27-63-29-31-65-33-35-67-37-39-69-41-43-71-45-47-73-49-51-75-53-55-77-57-59-79-60-58-78-56-54-76-52-50-74-48-46-72-44-42-70-40-38-68-36-34-66-32-30-64-28-26-62-24-22-20-18-16-14-12-10-8-6-4-2/h3-60H2,1-2H3. The Labute approximate surface area is 481 Å². The molecule has 0 N–H and O–H groups in total. The molecule has 0 fully saturated rings. The summed E-state index contributed by atoms with van der Waals surface area (Å²) in [5, 5.41) is 0. The zero-order chi connectivity index (χ0) is 56.4. The van der Waals surface area contributed by atoms with Crippen LogP contribution in [0.15, 0.2) is 0 Å². The maximum Gasteiger partial charge on any atom is 0.0701 e. The van der Waals surface area contributed by atoms with Crippen LogP contribution in [0.3, 0.4) is 0 Å². The van der Waals surface area contributed by atoms with Crippen LogP contribution in [0.25, 0.3) is 0 Å². The van der Waals surface area contributed by atoms with Crippen molar-refractivity contribution in [3.05, 3.63) is 0 Å². The van der Waals surface area contributed by atoms with Crippen LogP contribution in [0.4, 0.5) is 0 Å². The van der Waals surface area contributed by atoms with Gasteiger partial charge in [0.25, 0.3) is 0 Å². The van der Waals surface area contributed by atoms with Gasteiger partial charge in [-0.3, -0.25) is 0 Å². The van der Waals surface area contributed by atoms with Crippen LogP contribution < -0.4 is 0 Å². The summed E-state index contributed by atoms with van der Waals surface area (Å²) < 4.78 is 106. The van der Waals surface area contributed by atoms with Crippen molar-refractivity contribution in [1.29, 1.82) is 0 Å². The first-order chi connectivity index (χ1) is 39.4. The van der Waals surface area contributed by atoms with Gasteiger partial charge < -0.3 is 90.0 Å². The molecular formula is C60H122O19. The molecule has 19 heteroatoms. The minimum atomic E-state index is 0.498. The number of hydrogen-bond acceptors (Lipinski definition) is 19. The molecule has 476 valence electrons. The molecule has 0 radical (unpaired) electrons. The maximum atomic E-state index is 5.67. The lowest BCUT2D eigenvalue weighted by Gasteiger charge is -2.09. The second-order valence-electron chi connectivity index (χ2n) is 19.0. The average Bonchev–Trinajstić information content (AvgIpc) is 3.46. The second-order valence-corrected chi connectivity index (χ2v) is 19.0. The Balaban J connectivity index is 3.08. The molecule has 0 heterocycles. The third-order valence-corrected chi connectivity index (χ3v) is 12.0. The highest BCUT2D eigenvalue weighted by Gasteiger charge is 2.01. The van der Waals surface area contributed by atoms with Gasteiger partial charge in [0, 0.05) is 13.2 Å². The number of ether oxygens (including phenoxy) is 19. The monoisotopic (exact) mass is 1150 g/mol. The van der Waals surface area contributed by atoms with Crippen molar-refractivity contribution in [2.75, 3.05) is 251 Å². The summed E-state index contributed by atoms with van der Waals surface area (Å²) in [7, 11) is 0. The first-order valence-electron chi connectivity index (χ1n) is 31.4. The van der Waals surface area contributed by atoms with Gasteiger partial charge in [-0.1, -0.05) is 129 Å². The van der Waals surface area contributed by atoms with E-state index in [-0.39, 0.29) is 0 Å². The number of hydrogen-bond donors (Lipinski definition) is 0. The lowest BCUT2D eigenvalue weighted by Crippen LogP contribution is -2.16. The van der Waals surface area contributed by atoms with Gasteiger partial charge in [-0.25, -0.2) is 0 Å². The third kappa shape index (κ3) is 77.2. The summed E-state index contributed by atoms with van der Waals surface area (Å²) >= 11 is 0. The molecule has 0 saturated heterocycles. The van der Waals surface area contributed by atoms with E-state index in [0.717, 1.165) is 26.1 Å². The minimum Gasteiger partial charge on any atom is -0.379 e. The first kappa shape index (κ1) is 78.2. The molecule has 0 aliphatic rings. The van der Waals surface area contributed by atoms with E-state index in [2.05, 4.69) is 13.8 Å². The molecule has 0 saturated carbocycles. The lowest BCUT2D eigenvalue weighted by molar-refractivity contribution is -0.0312. The van der Waals surface area contributed by atoms with E-state index in [0.29, 0.717) is 238 Å². The van der Waals surface area contributed by atoms with E-state index >= 15 is 0 Å². The molecule has 79 heavy (non-hydrogen) atoms. The van der Waals surface area contributed by atoms with Crippen molar-refractivity contribution in [3.8, 4) is 0 Å². The van der Waals surface area contributed by atoms with E-state index in [4.69, 9.17) is 90.0 Å². The van der Waals surface area contributed by atoms with Crippen molar-refractivity contribution in [2.45, 2.75) is 142 Å². The zero-order valence-corrected chi connectivity index (χ0v) is 50.8. The molecule has 0 atom stereocenters.